The Hall–Kier alpha value is -4.71. The van der Waals surface area contributed by atoms with Crippen molar-refractivity contribution in [2.45, 2.75) is 53.5 Å². The monoisotopic (exact) mass is 545 g/mol. The summed E-state index contributed by atoms with van der Waals surface area (Å²) in [7, 11) is 1.34. The highest BCUT2D eigenvalue weighted by atomic mass is 16.5. The predicted octanol–water partition coefficient (Wildman–Crippen LogP) is 4.18. The molecule has 0 aromatic heterocycles. The second-order valence-corrected chi connectivity index (χ2v) is 9.88. The van der Waals surface area contributed by atoms with Crippen LogP contribution in [-0.2, 0) is 21.5 Å². The van der Waals surface area contributed by atoms with E-state index in [0.717, 1.165) is 34.1 Å². The maximum atomic E-state index is 13.6. The first-order valence-corrected chi connectivity index (χ1v) is 12.6. The zero-order valence-corrected chi connectivity index (χ0v) is 23.5. The maximum absolute atomic E-state index is 13.6. The number of ketones is 2. The second kappa shape index (κ2) is 10.5. The number of carbonyl (C=O) groups excluding carboxylic acids is 3. The number of ether oxygens (including phenoxy) is 3. The number of nitrogens with one attached hydrogen (secondary N) is 1. The zero-order chi connectivity index (χ0) is 29.5. The average molecular weight is 546 g/mol. The third kappa shape index (κ3) is 4.35. The van der Waals surface area contributed by atoms with E-state index in [4.69, 9.17) is 14.2 Å². The Morgan fingerprint density at radius 1 is 1.12 bits per heavy atom. The average Bonchev–Trinajstić information content (AvgIpc) is 3.19. The molecule has 1 atom stereocenters. The van der Waals surface area contributed by atoms with E-state index in [1.807, 2.05) is 26.8 Å². The number of phenolic OH excluding ortho intramolecular Hbond substituents is 1. The Labute approximate surface area is 232 Å². The van der Waals surface area contributed by atoms with Gasteiger partial charge in [-0.2, -0.15) is 0 Å². The fraction of sp³-hybridized carbons (Fsp3) is 0.323. The van der Waals surface area contributed by atoms with E-state index in [0.29, 0.717) is 0 Å². The molecule has 1 aliphatic carbocycles. The van der Waals surface area contributed by atoms with Gasteiger partial charge in [0.1, 0.15) is 51.9 Å². The van der Waals surface area contributed by atoms with Crippen molar-refractivity contribution < 1.29 is 38.8 Å². The summed E-state index contributed by atoms with van der Waals surface area (Å²) in [6.07, 6.45) is 1.16. The minimum absolute atomic E-state index is 0.0147. The van der Waals surface area contributed by atoms with Crippen LogP contribution in [0.3, 0.4) is 0 Å². The van der Waals surface area contributed by atoms with E-state index in [9.17, 15) is 24.6 Å². The van der Waals surface area contributed by atoms with Crippen LogP contribution in [0.2, 0.25) is 0 Å². The first-order chi connectivity index (χ1) is 18.9. The molecular weight excluding hydrogens is 514 g/mol. The molecule has 0 bridgehead atoms. The van der Waals surface area contributed by atoms with Crippen molar-refractivity contribution >= 4 is 17.5 Å². The lowest BCUT2D eigenvalue weighted by molar-refractivity contribution is -0.123. The van der Waals surface area contributed by atoms with Crippen LogP contribution in [0.4, 0.5) is 0 Å². The number of Topliss-reactive ketones (excluding diaryl/α,β-unsaturated/α-hetero) is 2. The minimum atomic E-state index is -1.63. The van der Waals surface area contributed by atoms with Crippen LogP contribution in [0.15, 0.2) is 35.3 Å². The fourth-order valence-electron chi connectivity index (χ4n) is 5.18. The van der Waals surface area contributed by atoms with Crippen LogP contribution >= 0.6 is 0 Å². The van der Waals surface area contributed by atoms with Gasteiger partial charge in [-0.15, -0.1) is 5.92 Å². The molecule has 9 heteroatoms. The van der Waals surface area contributed by atoms with E-state index in [1.54, 1.807) is 6.92 Å². The Kier molecular flexibility index (Phi) is 7.40. The van der Waals surface area contributed by atoms with Crippen LogP contribution in [0.25, 0.3) is 0 Å². The Morgan fingerprint density at radius 3 is 2.45 bits per heavy atom. The number of methoxy groups -OCH3 is 1. The normalized spacial score (nSPS) is 17.2. The molecule has 1 amide bonds. The van der Waals surface area contributed by atoms with Gasteiger partial charge in [0.15, 0.2) is 17.3 Å². The Bertz CT molecular complexity index is 1600. The number of amides is 1. The number of aliphatic hydroxyl groups excluding tert-OH is 1. The molecule has 9 nitrogen and oxygen atoms in total. The van der Waals surface area contributed by atoms with Crippen LogP contribution in [0.1, 0.15) is 58.9 Å². The van der Waals surface area contributed by atoms with Crippen molar-refractivity contribution in [2.75, 3.05) is 13.7 Å². The molecule has 4 rings (SSSR count). The summed E-state index contributed by atoms with van der Waals surface area (Å²) < 4.78 is 17.1. The van der Waals surface area contributed by atoms with Gasteiger partial charge in [-0.1, -0.05) is 5.92 Å². The quantitative estimate of drug-likeness (QED) is 0.349. The fourth-order valence-corrected chi connectivity index (χ4v) is 5.18. The summed E-state index contributed by atoms with van der Waals surface area (Å²) >= 11 is 0. The molecule has 2 aliphatic rings. The van der Waals surface area contributed by atoms with Gasteiger partial charge in [0.05, 0.1) is 12.7 Å². The van der Waals surface area contributed by atoms with Gasteiger partial charge in [-0.05, 0) is 69.9 Å². The topological polar surface area (TPSA) is 131 Å². The van der Waals surface area contributed by atoms with Crippen molar-refractivity contribution in [3.8, 4) is 34.8 Å². The lowest BCUT2D eigenvalue weighted by Crippen LogP contribution is -2.38. The van der Waals surface area contributed by atoms with Crippen molar-refractivity contribution in [3.05, 3.63) is 68.7 Å². The summed E-state index contributed by atoms with van der Waals surface area (Å²) in [6.45, 7) is 10.6. The SMILES string of the molecule is CC#CCOc1cc(C)c(CNC(=O)c2c(OC)cc(O)c3c2OC2=CC(O)=C(C(C)=O)C(=O)[C@]23C)c(C)c1C. The molecule has 3 N–H and O–H groups in total. The van der Waals surface area contributed by atoms with Gasteiger partial charge < -0.3 is 29.7 Å². The van der Waals surface area contributed by atoms with E-state index >= 15 is 0 Å². The molecule has 208 valence electrons. The number of fused-ring (bicyclic) bond motifs is 3. The second-order valence-electron chi connectivity index (χ2n) is 9.88. The number of aryl methyl sites for hydroxylation is 1. The molecule has 0 unspecified atom stereocenters. The van der Waals surface area contributed by atoms with Gasteiger partial charge in [-0.25, -0.2) is 0 Å². The van der Waals surface area contributed by atoms with E-state index < -0.39 is 34.2 Å². The van der Waals surface area contributed by atoms with Gasteiger partial charge in [0.2, 0.25) is 0 Å². The van der Waals surface area contributed by atoms with Crippen molar-refractivity contribution in [1.82, 2.24) is 5.32 Å². The highest BCUT2D eigenvalue weighted by molar-refractivity contribution is 6.25. The van der Waals surface area contributed by atoms with Crippen LogP contribution < -0.4 is 19.5 Å². The van der Waals surface area contributed by atoms with Crippen LogP contribution in [0.5, 0.6) is 23.0 Å². The van der Waals surface area contributed by atoms with E-state index in [2.05, 4.69) is 17.2 Å². The highest BCUT2D eigenvalue weighted by Crippen LogP contribution is 2.56. The van der Waals surface area contributed by atoms with Crippen LogP contribution in [-0.4, -0.2) is 41.4 Å². The number of carbonyl (C=O) groups is 3. The molecule has 0 radical (unpaired) electrons. The first kappa shape index (κ1) is 28.3. The minimum Gasteiger partial charge on any atom is -0.507 e. The van der Waals surface area contributed by atoms with Gasteiger partial charge in [0, 0.05) is 18.7 Å². The van der Waals surface area contributed by atoms with Crippen molar-refractivity contribution in [3.63, 3.8) is 0 Å². The number of hydrogen-bond acceptors (Lipinski definition) is 8. The number of allylic oxidation sites excluding steroid dienone is 3. The van der Waals surface area contributed by atoms with E-state index in [1.165, 1.54) is 27.0 Å². The summed E-state index contributed by atoms with van der Waals surface area (Å²) in [6, 6.07) is 3.13. The van der Waals surface area contributed by atoms with Crippen LogP contribution in [0, 0.1) is 32.6 Å². The number of hydrogen-bond donors (Lipinski definition) is 3. The Balaban J connectivity index is 1.72. The Morgan fingerprint density at radius 2 is 1.82 bits per heavy atom. The summed E-state index contributed by atoms with van der Waals surface area (Å²) in [5.74, 6) is 3.49. The van der Waals surface area contributed by atoms with Crippen molar-refractivity contribution in [1.29, 1.82) is 0 Å². The molecule has 1 heterocycles. The number of aromatic hydroxyl groups is 1. The zero-order valence-electron chi connectivity index (χ0n) is 23.5. The number of phenols is 1. The largest absolute Gasteiger partial charge is 0.507 e. The number of rotatable bonds is 7. The summed E-state index contributed by atoms with van der Waals surface area (Å²) in [4.78, 5) is 39.2. The molecule has 2 aromatic carbocycles. The molecule has 2 aromatic rings. The first-order valence-electron chi connectivity index (χ1n) is 12.6. The number of aliphatic hydroxyl groups is 1. The maximum Gasteiger partial charge on any atom is 0.259 e. The highest BCUT2D eigenvalue weighted by Gasteiger charge is 2.55. The lowest BCUT2D eigenvalue weighted by atomic mass is 9.71. The third-order valence-corrected chi connectivity index (χ3v) is 7.54. The molecular formula is C31H31NO8. The van der Waals surface area contributed by atoms with Gasteiger partial charge in [0.25, 0.3) is 5.91 Å². The smallest absolute Gasteiger partial charge is 0.259 e. The van der Waals surface area contributed by atoms with E-state index in [-0.39, 0.29) is 47.3 Å². The van der Waals surface area contributed by atoms with Crippen molar-refractivity contribution in [2.24, 2.45) is 0 Å². The standard InChI is InChI=1S/C31H31NO8/c1-8-9-10-39-22-11-15(2)19(16(3)17(22)4)14-32-30(37)26-23(38-7)12-21(35)27-28(26)40-24-13-20(34)25(18(5)33)29(36)31(24,27)6/h11-13,34-35H,10,14H2,1-7H3,(H,32,37)/t31-/m1/s1. The lowest BCUT2D eigenvalue weighted by Gasteiger charge is -2.27. The predicted molar refractivity (Wildman–Crippen MR) is 147 cm³/mol. The molecule has 40 heavy (non-hydrogen) atoms. The molecule has 0 fully saturated rings. The summed E-state index contributed by atoms with van der Waals surface area (Å²) in [5.41, 5.74) is 1.63. The molecule has 0 saturated carbocycles. The molecule has 0 saturated heterocycles. The van der Waals surface area contributed by atoms with Gasteiger partial charge in [-0.3, -0.25) is 14.4 Å². The third-order valence-electron chi connectivity index (χ3n) is 7.54. The molecule has 0 spiro atoms. The number of benzene rings is 2. The summed E-state index contributed by atoms with van der Waals surface area (Å²) in [5, 5.41) is 24.2. The van der Waals surface area contributed by atoms with Gasteiger partial charge >= 0.3 is 0 Å². The molecule has 1 aliphatic heterocycles.